The van der Waals surface area contributed by atoms with Gasteiger partial charge in [-0.25, -0.2) is 13.8 Å². The summed E-state index contributed by atoms with van der Waals surface area (Å²) in [6.07, 6.45) is 1.62. The Kier molecular flexibility index (Phi) is 6.50. The molecule has 3 aromatic carbocycles. The van der Waals surface area contributed by atoms with Crippen LogP contribution in [-0.4, -0.2) is 40.8 Å². The van der Waals surface area contributed by atoms with E-state index in [1.165, 1.54) is 18.2 Å². The number of halogens is 2. The number of non-ortho nitro benzene ring substituents is 1. The lowest BCUT2D eigenvalue weighted by Gasteiger charge is -2.10. The van der Waals surface area contributed by atoms with Crippen LogP contribution in [0.5, 0.6) is 0 Å². The van der Waals surface area contributed by atoms with Crippen molar-refractivity contribution in [1.29, 1.82) is 0 Å². The maximum absolute atomic E-state index is 14.6. The molecule has 0 saturated heterocycles. The van der Waals surface area contributed by atoms with E-state index in [-0.39, 0.29) is 23.6 Å². The standard InChI is InChI=1S/C24H21F2N5O2/c1-27-10-11-28-14-24-29-22-9-4-17(16-2-5-19(25)6-3-16)13-23(22)30(24)15-18-12-20(31(32)33)7-8-21(18)26/h2-9,12-14,27H,10-11,15H2,1H3. The first kappa shape index (κ1) is 22.2. The lowest BCUT2D eigenvalue weighted by Crippen LogP contribution is -2.11. The van der Waals surface area contributed by atoms with Gasteiger partial charge >= 0.3 is 0 Å². The third-order valence-electron chi connectivity index (χ3n) is 5.22. The number of fused-ring (bicyclic) bond motifs is 1. The molecule has 1 aromatic heterocycles. The van der Waals surface area contributed by atoms with E-state index in [0.29, 0.717) is 29.9 Å². The van der Waals surface area contributed by atoms with E-state index in [0.717, 1.165) is 23.3 Å². The Hall–Kier alpha value is -3.98. The van der Waals surface area contributed by atoms with Crippen LogP contribution in [0.25, 0.3) is 22.2 Å². The first-order chi connectivity index (χ1) is 16.0. The molecule has 4 rings (SSSR count). The van der Waals surface area contributed by atoms with E-state index in [1.807, 2.05) is 25.2 Å². The molecule has 1 heterocycles. The van der Waals surface area contributed by atoms with Crippen molar-refractivity contribution in [2.24, 2.45) is 4.99 Å². The summed E-state index contributed by atoms with van der Waals surface area (Å²) in [5.74, 6) is -0.371. The Balaban J connectivity index is 1.82. The normalized spacial score (nSPS) is 11.5. The van der Waals surface area contributed by atoms with Gasteiger partial charge in [0.15, 0.2) is 5.82 Å². The average molecular weight is 449 g/mol. The number of nitro groups is 1. The molecule has 0 atom stereocenters. The van der Waals surface area contributed by atoms with E-state index >= 15 is 0 Å². The number of likely N-dealkylation sites (N-methyl/N-ethyl adjacent to an activating group) is 1. The van der Waals surface area contributed by atoms with E-state index in [9.17, 15) is 18.9 Å². The highest BCUT2D eigenvalue weighted by Gasteiger charge is 2.16. The second-order valence-corrected chi connectivity index (χ2v) is 7.44. The molecule has 0 aliphatic heterocycles. The molecule has 0 amide bonds. The largest absolute Gasteiger partial charge is 0.319 e. The second-order valence-electron chi connectivity index (χ2n) is 7.44. The maximum atomic E-state index is 14.6. The van der Waals surface area contributed by atoms with Crippen molar-refractivity contribution >= 4 is 22.9 Å². The smallest absolute Gasteiger partial charge is 0.269 e. The molecule has 0 aliphatic carbocycles. The van der Waals surface area contributed by atoms with Crippen LogP contribution >= 0.6 is 0 Å². The molecule has 0 aliphatic rings. The Labute approximate surface area is 188 Å². The fraction of sp³-hybridized carbons (Fsp3) is 0.167. The van der Waals surface area contributed by atoms with Crippen molar-refractivity contribution in [2.45, 2.75) is 6.54 Å². The summed E-state index contributed by atoms with van der Waals surface area (Å²) in [7, 11) is 1.83. The van der Waals surface area contributed by atoms with E-state index in [1.54, 1.807) is 22.9 Å². The number of nitro benzene ring substituents is 1. The van der Waals surface area contributed by atoms with Crippen LogP contribution in [0.2, 0.25) is 0 Å². The number of hydrogen-bond acceptors (Lipinski definition) is 5. The highest BCUT2D eigenvalue weighted by molar-refractivity contribution is 5.88. The van der Waals surface area contributed by atoms with Gasteiger partial charge in [-0.1, -0.05) is 18.2 Å². The Morgan fingerprint density at radius 3 is 2.58 bits per heavy atom. The number of rotatable bonds is 8. The van der Waals surface area contributed by atoms with Gasteiger partial charge in [0.1, 0.15) is 11.6 Å². The highest BCUT2D eigenvalue weighted by atomic mass is 19.1. The summed E-state index contributed by atoms with van der Waals surface area (Å²) in [5.41, 5.74) is 3.01. The van der Waals surface area contributed by atoms with Gasteiger partial charge in [-0.15, -0.1) is 0 Å². The molecular formula is C24H21F2N5O2. The number of nitrogens with one attached hydrogen (secondary N) is 1. The summed E-state index contributed by atoms with van der Waals surface area (Å²) < 4.78 is 29.7. The zero-order valence-corrected chi connectivity index (χ0v) is 17.8. The monoisotopic (exact) mass is 449 g/mol. The van der Waals surface area contributed by atoms with E-state index < -0.39 is 10.7 Å². The van der Waals surface area contributed by atoms with Gasteiger partial charge in [0, 0.05) is 24.2 Å². The minimum Gasteiger partial charge on any atom is -0.319 e. The zero-order valence-electron chi connectivity index (χ0n) is 17.8. The topological polar surface area (TPSA) is 85.3 Å². The Bertz CT molecular complexity index is 1330. The van der Waals surface area contributed by atoms with Crippen LogP contribution in [0.1, 0.15) is 11.4 Å². The SMILES string of the molecule is CNCCN=Cc1nc2ccc(-c3ccc(F)cc3)cc2n1Cc1cc([N+](=O)[O-])ccc1F. The van der Waals surface area contributed by atoms with Crippen LogP contribution in [0.15, 0.2) is 65.7 Å². The van der Waals surface area contributed by atoms with Gasteiger partial charge in [0.25, 0.3) is 5.69 Å². The summed E-state index contributed by atoms with van der Waals surface area (Å²) in [6, 6.07) is 15.2. The Morgan fingerprint density at radius 2 is 1.85 bits per heavy atom. The molecule has 0 fully saturated rings. The average Bonchev–Trinajstić information content (AvgIpc) is 3.15. The van der Waals surface area contributed by atoms with Crippen LogP contribution in [0.4, 0.5) is 14.5 Å². The van der Waals surface area contributed by atoms with Gasteiger partial charge in [-0.05, 0) is 48.5 Å². The molecule has 33 heavy (non-hydrogen) atoms. The predicted molar refractivity (Wildman–Crippen MR) is 124 cm³/mol. The minimum atomic E-state index is -0.554. The molecule has 0 spiro atoms. The summed E-state index contributed by atoms with van der Waals surface area (Å²) >= 11 is 0. The third kappa shape index (κ3) is 4.93. The van der Waals surface area contributed by atoms with Crippen LogP contribution in [-0.2, 0) is 6.54 Å². The molecule has 7 nitrogen and oxygen atoms in total. The number of hydrogen-bond donors (Lipinski definition) is 1. The molecule has 4 aromatic rings. The molecule has 9 heteroatoms. The summed E-state index contributed by atoms with van der Waals surface area (Å²) in [6.45, 7) is 1.25. The van der Waals surface area contributed by atoms with E-state index in [2.05, 4.69) is 15.3 Å². The zero-order chi connectivity index (χ0) is 23.4. The van der Waals surface area contributed by atoms with Crippen LogP contribution in [0.3, 0.4) is 0 Å². The molecule has 1 N–H and O–H groups in total. The maximum Gasteiger partial charge on any atom is 0.269 e. The van der Waals surface area contributed by atoms with Crippen molar-refractivity contribution in [2.75, 3.05) is 20.1 Å². The van der Waals surface area contributed by atoms with Crippen LogP contribution in [0, 0.1) is 21.7 Å². The summed E-state index contributed by atoms with van der Waals surface area (Å²) in [5, 5.41) is 14.2. The molecule has 0 saturated carbocycles. The third-order valence-corrected chi connectivity index (χ3v) is 5.22. The quantitative estimate of drug-likeness (QED) is 0.185. The molecule has 168 valence electrons. The lowest BCUT2D eigenvalue weighted by molar-refractivity contribution is -0.385. The number of aromatic nitrogens is 2. The minimum absolute atomic E-state index is 0.0320. The highest BCUT2D eigenvalue weighted by Crippen LogP contribution is 2.27. The van der Waals surface area contributed by atoms with Crippen molar-refractivity contribution in [3.05, 3.63) is 93.8 Å². The second kappa shape index (κ2) is 9.66. The Morgan fingerprint density at radius 1 is 1.09 bits per heavy atom. The first-order valence-electron chi connectivity index (χ1n) is 10.3. The number of benzene rings is 3. The number of aliphatic imine (C=N–C) groups is 1. The molecular weight excluding hydrogens is 428 g/mol. The molecule has 0 radical (unpaired) electrons. The van der Waals surface area contributed by atoms with Gasteiger partial charge in [0.2, 0.25) is 0 Å². The number of imidazole rings is 1. The predicted octanol–water partition coefficient (Wildman–Crippen LogP) is 4.58. The van der Waals surface area contributed by atoms with Gasteiger partial charge in [-0.2, -0.15) is 0 Å². The van der Waals surface area contributed by atoms with Crippen molar-refractivity contribution in [3.8, 4) is 11.1 Å². The summed E-state index contributed by atoms with van der Waals surface area (Å²) in [4.78, 5) is 19.6. The first-order valence-corrected chi connectivity index (χ1v) is 10.3. The fourth-order valence-corrected chi connectivity index (χ4v) is 3.52. The van der Waals surface area contributed by atoms with Gasteiger partial charge in [-0.3, -0.25) is 15.1 Å². The van der Waals surface area contributed by atoms with Crippen LogP contribution < -0.4 is 5.32 Å². The van der Waals surface area contributed by atoms with Gasteiger partial charge < -0.3 is 9.88 Å². The van der Waals surface area contributed by atoms with Crippen molar-refractivity contribution in [3.63, 3.8) is 0 Å². The molecule has 0 unspecified atom stereocenters. The number of nitrogens with zero attached hydrogens (tertiary/aromatic N) is 4. The van der Waals surface area contributed by atoms with E-state index in [4.69, 9.17) is 0 Å². The lowest BCUT2D eigenvalue weighted by atomic mass is 10.1. The molecule has 0 bridgehead atoms. The fourth-order valence-electron chi connectivity index (χ4n) is 3.52. The van der Waals surface area contributed by atoms with Gasteiger partial charge in [0.05, 0.1) is 35.3 Å². The van der Waals surface area contributed by atoms with Crippen molar-refractivity contribution < 1.29 is 13.7 Å². The van der Waals surface area contributed by atoms with Crippen molar-refractivity contribution in [1.82, 2.24) is 14.9 Å².